The molecule has 2 aromatic rings. The number of thiophene rings is 1. The molecule has 1 aromatic heterocycles. The van der Waals surface area contributed by atoms with Gasteiger partial charge in [-0.2, -0.15) is 0 Å². The van der Waals surface area contributed by atoms with Gasteiger partial charge in [-0.3, -0.25) is 9.69 Å². The highest BCUT2D eigenvalue weighted by Gasteiger charge is 2.41. The highest BCUT2D eigenvalue weighted by molar-refractivity contribution is 8.01. The maximum absolute atomic E-state index is 12.9. The van der Waals surface area contributed by atoms with E-state index >= 15 is 0 Å². The van der Waals surface area contributed by atoms with Gasteiger partial charge in [-0.05, 0) is 47.7 Å². The number of carbonyl (C=O) groups excluding carboxylic acids is 1. The average molecular weight is 461 g/mol. The van der Waals surface area contributed by atoms with Crippen LogP contribution in [0.3, 0.4) is 0 Å². The summed E-state index contributed by atoms with van der Waals surface area (Å²) < 4.78 is 5.46. The predicted octanol–water partition coefficient (Wildman–Crippen LogP) is 4.54. The topological polar surface area (TPSA) is 53.0 Å². The number of aromatic hydroxyl groups is 1. The van der Waals surface area contributed by atoms with Crippen LogP contribution in [0, 0.1) is 0 Å². The molecule has 2 atom stereocenters. The van der Waals surface area contributed by atoms with Gasteiger partial charge in [0.2, 0.25) is 5.91 Å². The van der Waals surface area contributed by atoms with Crippen molar-refractivity contribution in [2.24, 2.45) is 0 Å². The molecule has 1 amide bonds. The van der Waals surface area contributed by atoms with Crippen molar-refractivity contribution in [2.45, 2.75) is 49.8 Å². The van der Waals surface area contributed by atoms with Gasteiger partial charge in [0, 0.05) is 41.9 Å². The number of phenolic OH excluding ortho intramolecular Hbond substituents is 1. The molecule has 0 bridgehead atoms. The third-order valence-electron chi connectivity index (χ3n) is 6.54. The summed E-state index contributed by atoms with van der Waals surface area (Å²) in [7, 11) is 1.92. The number of rotatable bonds is 6. The molecule has 2 fully saturated rings. The zero-order chi connectivity index (χ0) is 22.2. The van der Waals surface area contributed by atoms with E-state index in [1.807, 2.05) is 18.0 Å². The van der Waals surface area contributed by atoms with Crippen LogP contribution in [0.25, 0.3) is 10.4 Å². The molecular weight excluding hydrogens is 428 g/mol. The first-order valence-corrected chi connectivity index (χ1v) is 12.7. The Hall–Kier alpha value is -1.54. The van der Waals surface area contributed by atoms with Crippen LogP contribution in [0.5, 0.6) is 5.75 Å². The molecule has 5 nitrogen and oxygen atoms in total. The number of thioether (sulfide) groups is 1. The van der Waals surface area contributed by atoms with Crippen molar-refractivity contribution >= 4 is 29.0 Å². The van der Waals surface area contributed by atoms with Gasteiger partial charge in [0.05, 0.1) is 18.5 Å². The first-order chi connectivity index (χ1) is 14.8. The van der Waals surface area contributed by atoms with Crippen LogP contribution in [0.2, 0.25) is 0 Å². The number of phenols is 1. The fourth-order valence-electron chi connectivity index (χ4n) is 4.14. The number of nitrogens with zero attached hydrogens (tertiary/aromatic N) is 2. The van der Waals surface area contributed by atoms with E-state index in [9.17, 15) is 9.90 Å². The zero-order valence-electron chi connectivity index (χ0n) is 18.8. The molecule has 0 radical (unpaired) electrons. The Morgan fingerprint density at radius 3 is 2.65 bits per heavy atom. The largest absolute Gasteiger partial charge is 0.508 e. The molecule has 2 unspecified atom stereocenters. The van der Waals surface area contributed by atoms with Crippen molar-refractivity contribution in [1.82, 2.24) is 9.80 Å². The van der Waals surface area contributed by atoms with Gasteiger partial charge in [-0.25, -0.2) is 0 Å². The molecule has 0 spiro atoms. The number of amides is 1. The second-order valence-electron chi connectivity index (χ2n) is 8.99. The first kappa shape index (κ1) is 22.6. The smallest absolute Gasteiger partial charge is 0.237 e. The summed E-state index contributed by atoms with van der Waals surface area (Å²) in [6.45, 7) is 9.70. The molecule has 2 aliphatic heterocycles. The molecule has 3 heterocycles. The van der Waals surface area contributed by atoms with Gasteiger partial charge < -0.3 is 14.7 Å². The molecule has 2 saturated heterocycles. The summed E-state index contributed by atoms with van der Waals surface area (Å²) in [4.78, 5) is 19.5. The minimum absolute atomic E-state index is 0.0428. The average Bonchev–Trinajstić information content (AvgIpc) is 3.35. The second kappa shape index (κ2) is 9.14. The molecule has 7 heteroatoms. The number of morpholine rings is 1. The molecule has 1 N–H and O–H groups in total. The van der Waals surface area contributed by atoms with Gasteiger partial charge in [-0.1, -0.05) is 20.8 Å². The van der Waals surface area contributed by atoms with Crippen LogP contribution < -0.4 is 0 Å². The van der Waals surface area contributed by atoms with Crippen molar-refractivity contribution in [3.05, 3.63) is 40.8 Å². The van der Waals surface area contributed by atoms with Crippen molar-refractivity contribution in [3.8, 4) is 16.2 Å². The maximum atomic E-state index is 12.9. The van der Waals surface area contributed by atoms with Crippen molar-refractivity contribution in [2.75, 3.05) is 33.4 Å². The highest BCUT2D eigenvalue weighted by Crippen LogP contribution is 2.40. The first-order valence-electron chi connectivity index (χ1n) is 11.0. The van der Waals surface area contributed by atoms with E-state index < -0.39 is 0 Å². The van der Waals surface area contributed by atoms with E-state index in [1.54, 1.807) is 29.2 Å². The van der Waals surface area contributed by atoms with Crippen LogP contribution in [0.1, 0.15) is 37.6 Å². The number of hydrogen-bond donors (Lipinski definition) is 1. The van der Waals surface area contributed by atoms with Gasteiger partial charge in [0.15, 0.2) is 0 Å². The third-order valence-corrected chi connectivity index (χ3v) is 9.25. The molecule has 1 aromatic carbocycles. The Morgan fingerprint density at radius 1 is 1.19 bits per heavy atom. The minimum atomic E-state index is -0.0772. The SMILES string of the molecule is CCC(C)(C)c1cc(-c2ccc(CC3SC(N4CCOCC4)N(C)C3=O)s2)ccc1O. The van der Waals surface area contributed by atoms with E-state index in [-0.39, 0.29) is 22.1 Å². The van der Waals surface area contributed by atoms with Crippen LogP contribution in [0.4, 0.5) is 0 Å². The van der Waals surface area contributed by atoms with Gasteiger partial charge in [-0.15, -0.1) is 23.1 Å². The van der Waals surface area contributed by atoms with E-state index in [4.69, 9.17) is 4.74 Å². The van der Waals surface area contributed by atoms with Gasteiger partial charge >= 0.3 is 0 Å². The summed E-state index contributed by atoms with van der Waals surface area (Å²) in [5.74, 6) is 0.575. The second-order valence-corrected chi connectivity index (χ2v) is 11.4. The normalized spacial score (nSPS) is 23.0. The minimum Gasteiger partial charge on any atom is -0.508 e. The van der Waals surface area contributed by atoms with Crippen molar-refractivity contribution in [3.63, 3.8) is 0 Å². The predicted molar refractivity (Wildman–Crippen MR) is 129 cm³/mol. The molecule has 2 aliphatic rings. The quantitative estimate of drug-likeness (QED) is 0.686. The summed E-state index contributed by atoms with van der Waals surface area (Å²) in [5, 5.41) is 10.3. The Balaban J connectivity index is 1.48. The van der Waals surface area contributed by atoms with Crippen molar-refractivity contribution < 1.29 is 14.6 Å². The Kier molecular flexibility index (Phi) is 6.68. The number of benzene rings is 1. The summed E-state index contributed by atoms with van der Waals surface area (Å²) in [6.07, 6.45) is 1.71. The molecule has 0 aliphatic carbocycles. The zero-order valence-corrected chi connectivity index (χ0v) is 20.4. The monoisotopic (exact) mass is 460 g/mol. The highest BCUT2D eigenvalue weighted by atomic mass is 32.2. The van der Waals surface area contributed by atoms with Crippen LogP contribution in [0.15, 0.2) is 30.3 Å². The molecule has 0 saturated carbocycles. The van der Waals surface area contributed by atoms with E-state index in [0.717, 1.165) is 50.3 Å². The lowest BCUT2D eigenvalue weighted by Crippen LogP contribution is -2.48. The fourth-order valence-corrected chi connectivity index (χ4v) is 6.82. The molecule has 31 heavy (non-hydrogen) atoms. The molecular formula is C24H32N2O3S2. The molecule has 168 valence electrons. The van der Waals surface area contributed by atoms with Crippen LogP contribution in [-0.4, -0.2) is 64.9 Å². The lowest BCUT2D eigenvalue weighted by atomic mass is 9.81. The summed E-state index contributed by atoms with van der Waals surface area (Å²) in [6, 6.07) is 10.2. The lowest BCUT2D eigenvalue weighted by molar-refractivity contribution is -0.131. The van der Waals surface area contributed by atoms with Crippen molar-refractivity contribution in [1.29, 1.82) is 0 Å². The maximum Gasteiger partial charge on any atom is 0.237 e. The third kappa shape index (κ3) is 4.65. The standard InChI is InChI=1S/C24H32N2O3S2/c1-5-24(2,3)18-14-16(6-8-19(18)27)20-9-7-17(30-20)15-21-22(28)25(4)23(31-21)26-10-12-29-13-11-26/h6-9,14,21,23,27H,5,10-13,15H2,1-4H3. The van der Waals surface area contributed by atoms with Crippen LogP contribution in [-0.2, 0) is 21.4 Å². The lowest BCUT2D eigenvalue weighted by Gasteiger charge is -2.34. The van der Waals surface area contributed by atoms with E-state index in [2.05, 4.69) is 43.9 Å². The van der Waals surface area contributed by atoms with Crippen LogP contribution >= 0.6 is 23.1 Å². The van der Waals surface area contributed by atoms with Gasteiger partial charge in [0.1, 0.15) is 11.2 Å². The van der Waals surface area contributed by atoms with Gasteiger partial charge in [0.25, 0.3) is 0 Å². The number of ether oxygens (including phenoxy) is 1. The van der Waals surface area contributed by atoms with E-state index in [0.29, 0.717) is 5.75 Å². The number of carbonyl (C=O) groups is 1. The Morgan fingerprint density at radius 2 is 1.94 bits per heavy atom. The fraction of sp³-hybridized carbons (Fsp3) is 0.542. The molecule has 4 rings (SSSR count). The Bertz CT molecular complexity index is 937. The Labute approximate surface area is 193 Å². The van der Waals surface area contributed by atoms with E-state index in [1.165, 1.54) is 9.75 Å². The number of hydrogen-bond acceptors (Lipinski definition) is 6. The summed E-state index contributed by atoms with van der Waals surface area (Å²) in [5.41, 5.74) is 2.14. The summed E-state index contributed by atoms with van der Waals surface area (Å²) >= 11 is 3.51.